The molecule has 162 valence electrons. The van der Waals surface area contributed by atoms with Gasteiger partial charge in [0.15, 0.2) is 0 Å². The first kappa shape index (κ1) is 22.5. The third-order valence-corrected chi connectivity index (χ3v) is 4.96. The normalized spacial score (nSPS) is 12.5. The highest BCUT2D eigenvalue weighted by atomic mass is 19.4. The van der Waals surface area contributed by atoms with Crippen molar-refractivity contribution in [1.82, 2.24) is 5.32 Å². The fourth-order valence-corrected chi connectivity index (χ4v) is 3.27. The molecule has 0 spiro atoms. The number of aromatic carboxylic acids is 1. The van der Waals surface area contributed by atoms with Crippen LogP contribution in [0.3, 0.4) is 0 Å². The number of carboxylic acids is 1. The Bertz CT molecular complexity index is 1020. The highest BCUT2D eigenvalue weighted by Crippen LogP contribution is 2.35. The average molecular weight is 429 g/mol. The van der Waals surface area contributed by atoms with Crippen LogP contribution < -0.4 is 5.32 Å². The van der Waals surface area contributed by atoms with Gasteiger partial charge in [0.05, 0.1) is 17.2 Å². The maximum Gasteiger partial charge on any atom is 0.417 e. The SMILES string of the molecule is O=C(O)c1ccc(-c2ccc(CCNC[C@@H](O)c3ccccc3)cc2)cc1C(F)(F)F. The van der Waals surface area contributed by atoms with Gasteiger partial charge in [0.1, 0.15) is 0 Å². The van der Waals surface area contributed by atoms with Crippen LogP contribution in [0.5, 0.6) is 0 Å². The van der Waals surface area contributed by atoms with E-state index in [0.29, 0.717) is 30.6 Å². The molecule has 0 aliphatic heterocycles. The summed E-state index contributed by atoms with van der Waals surface area (Å²) < 4.78 is 39.7. The molecule has 0 radical (unpaired) electrons. The molecule has 3 N–H and O–H groups in total. The second-order valence-electron chi connectivity index (χ2n) is 7.14. The number of nitrogens with one attached hydrogen (secondary N) is 1. The van der Waals surface area contributed by atoms with Crippen LogP contribution in [0.15, 0.2) is 72.8 Å². The van der Waals surface area contributed by atoms with E-state index in [-0.39, 0.29) is 0 Å². The summed E-state index contributed by atoms with van der Waals surface area (Å²) >= 11 is 0. The van der Waals surface area contributed by atoms with Crippen LogP contribution in [0, 0.1) is 0 Å². The summed E-state index contributed by atoms with van der Waals surface area (Å²) in [4.78, 5) is 11.1. The molecule has 3 aromatic carbocycles. The monoisotopic (exact) mass is 429 g/mol. The second-order valence-corrected chi connectivity index (χ2v) is 7.14. The minimum Gasteiger partial charge on any atom is -0.478 e. The van der Waals surface area contributed by atoms with Gasteiger partial charge in [-0.25, -0.2) is 4.79 Å². The molecule has 0 amide bonds. The molecular formula is C24H22F3NO3. The van der Waals surface area contributed by atoms with Crippen LogP contribution >= 0.6 is 0 Å². The lowest BCUT2D eigenvalue weighted by molar-refractivity contribution is -0.138. The Hall–Kier alpha value is -3.16. The topological polar surface area (TPSA) is 69.6 Å². The van der Waals surface area contributed by atoms with Gasteiger partial charge in [-0.15, -0.1) is 0 Å². The van der Waals surface area contributed by atoms with E-state index in [1.807, 2.05) is 42.5 Å². The highest BCUT2D eigenvalue weighted by Gasteiger charge is 2.35. The molecule has 0 fully saturated rings. The van der Waals surface area contributed by atoms with Crippen LogP contribution in [0.25, 0.3) is 11.1 Å². The third-order valence-electron chi connectivity index (χ3n) is 4.96. The van der Waals surface area contributed by atoms with Crippen molar-refractivity contribution in [3.63, 3.8) is 0 Å². The Kier molecular flexibility index (Phi) is 7.09. The van der Waals surface area contributed by atoms with Gasteiger partial charge in [0, 0.05) is 6.54 Å². The fraction of sp³-hybridized carbons (Fsp3) is 0.208. The smallest absolute Gasteiger partial charge is 0.417 e. The van der Waals surface area contributed by atoms with Crippen molar-refractivity contribution in [3.05, 3.63) is 95.1 Å². The number of halogens is 3. The minimum atomic E-state index is -4.75. The molecule has 0 aliphatic carbocycles. The Morgan fingerprint density at radius 1 is 0.935 bits per heavy atom. The van der Waals surface area contributed by atoms with Gasteiger partial charge in [-0.1, -0.05) is 60.7 Å². The molecule has 3 aromatic rings. The van der Waals surface area contributed by atoms with E-state index >= 15 is 0 Å². The van der Waals surface area contributed by atoms with Gasteiger partial charge >= 0.3 is 12.1 Å². The van der Waals surface area contributed by atoms with Crippen LogP contribution in [0.1, 0.15) is 33.2 Å². The van der Waals surface area contributed by atoms with Crippen molar-refractivity contribution in [3.8, 4) is 11.1 Å². The fourth-order valence-electron chi connectivity index (χ4n) is 3.27. The molecule has 3 rings (SSSR count). The van der Waals surface area contributed by atoms with Gasteiger partial charge in [-0.2, -0.15) is 13.2 Å². The van der Waals surface area contributed by atoms with Crippen molar-refractivity contribution >= 4 is 5.97 Å². The van der Waals surface area contributed by atoms with E-state index in [4.69, 9.17) is 5.11 Å². The lowest BCUT2D eigenvalue weighted by Gasteiger charge is -2.13. The first-order chi connectivity index (χ1) is 14.8. The summed E-state index contributed by atoms with van der Waals surface area (Å²) in [5, 5.41) is 22.3. The molecule has 0 saturated heterocycles. The largest absolute Gasteiger partial charge is 0.478 e. The Labute approximate surface area is 178 Å². The number of aliphatic hydroxyl groups excluding tert-OH is 1. The number of carboxylic acid groups (broad SMARTS) is 1. The second kappa shape index (κ2) is 9.76. The van der Waals surface area contributed by atoms with Crippen molar-refractivity contribution in [2.45, 2.75) is 18.7 Å². The van der Waals surface area contributed by atoms with Crippen molar-refractivity contribution < 1.29 is 28.2 Å². The summed E-state index contributed by atoms with van der Waals surface area (Å²) in [5.41, 5.74) is 0.765. The van der Waals surface area contributed by atoms with Gasteiger partial charge in [-0.3, -0.25) is 0 Å². The summed E-state index contributed by atoms with van der Waals surface area (Å²) in [5.74, 6) is -1.61. The maximum atomic E-state index is 13.2. The zero-order valence-corrected chi connectivity index (χ0v) is 16.6. The number of alkyl halides is 3. The Morgan fingerprint density at radius 3 is 2.19 bits per heavy atom. The van der Waals surface area contributed by atoms with Gasteiger partial charge < -0.3 is 15.5 Å². The third kappa shape index (κ3) is 5.93. The summed E-state index contributed by atoms with van der Waals surface area (Å²) in [6.45, 7) is 1.05. The molecular weight excluding hydrogens is 407 g/mol. The number of carbonyl (C=O) groups is 1. The quantitative estimate of drug-likeness (QED) is 0.444. The molecule has 0 aliphatic rings. The molecule has 0 heterocycles. The van der Waals surface area contributed by atoms with E-state index in [9.17, 15) is 23.1 Å². The molecule has 31 heavy (non-hydrogen) atoms. The maximum absolute atomic E-state index is 13.2. The molecule has 0 aromatic heterocycles. The summed E-state index contributed by atoms with van der Waals surface area (Å²) in [7, 11) is 0. The first-order valence-electron chi connectivity index (χ1n) is 9.73. The predicted molar refractivity (Wildman–Crippen MR) is 112 cm³/mol. The predicted octanol–water partition coefficient (Wildman–Crippen LogP) is 4.94. The van der Waals surface area contributed by atoms with E-state index < -0.39 is 29.4 Å². The van der Waals surface area contributed by atoms with E-state index in [1.165, 1.54) is 6.07 Å². The zero-order chi connectivity index (χ0) is 22.4. The minimum absolute atomic E-state index is 0.299. The lowest BCUT2D eigenvalue weighted by atomic mass is 9.97. The molecule has 7 heteroatoms. The van der Waals surface area contributed by atoms with Crippen LogP contribution in [0.2, 0.25) is 0 Å². The van der Waals surface area contributed by atoms with Crippen molar-refractivity contribution in [1.29, 1.82) is 0 Å². The zero-order valence-electron chi connectivity index (χ0n) is 16.6. The van der Waals surface area contributed by atoms with Crippen molar-refractivity contribution in [2.24, 2.45) is 0 Å². The van der Waals surface area contributed by atoms with E-state index in [0.717, 1.165) is 23.3 Å². The van der Waals surface area contributed by atoms with Crippen LogP contribution in [0.4, 0.5) is 13.2 Å². The number of aliphatic hydroxyl groups is 1. The van der Waals surface area contributed by atoms with Gasteiger partial charge in [0.25, 0.3) is 0 Å². The van der Waals surface area contributed by atoms with Gasteiger partial charge in [0.2, 0.25) is 0 Å². The van der Waals surface area contributed by atoms with Crippen LogP contribution in [-0.2, 0) is 12.6 Å². The molecule has 1 atom stereocenters. The number of rotatable bonds is 8. The van der Waals surface area contributed by atoms with Crippen LogP contribution in [-0.4, -0.2) is 29.3 Å². The van der Waals surface area contributed by atoms with E-state index in [1.54, 1.807) is 12.1 Å². The van der Waals surface area contributed by atoms with E-state index in [2.05, 4.69) is 5.32 Å². The molecule has 0 unspecified atom stereocenters. The highest BCUT2D eigenvalue weighted by molar-refractivity contribution is 5.90. The average Bonchev–Trinajstić information content (AvgIpc) is 2.76. The number of hydrogen-bond donors (Lipinski definition) is 3. The first-order valence-corrected chi connectivity index (χ1v) is 9.73. The standard InChI is InChI=1S/C24H22F3NO3/c25-24(26,27)21-14-19(10-11-20(21)23(30)31)17-8-6-16(7-9-17)12-13-28-15-22(29)18-4-2-1-3-5-18/h1-11,14,22,28-29H,12-13,15H2,(H,30,31)/t22-/m1/s1. The summed E-state index contributed by atoms with van der Waals surface area (Å²) in [6, 6.07) is 19.6. The van der Waals surface area contributed by atoms with Crippen molar-refractivity contribution in [2.75, 3.05) is 13.1 Å². The Morgan fingerprint density at radius 2 is 1.58 bits per heavy atom. The molecule has 0 saturated carbocycles. The van der Waals surface area contributed by atoms with Gasteiger partial charge in [-0.05, 0) is 47.4 Å². The lowest BCUT2D eigenvalue weighted by Crippen LogP contribution is -2.23. The Balaban J connectivity index is 1.61. The number of hydrogen-bond acceptors (Lipinski definition) is 3. The number of benzene rings is 3. The molecule has 0 bridgehead atoms. The summed E-state index contributed by atoms with van der Waals surface area (Å²) in [6.07, 6.45) is -4.66. The molecule has 4 nitrogen and oxygen atoms in total.